The molecule has 1 heterocycles. The first kappa shape index (κ1) is 31.1. The van der Waals surface area contributed by atoms with Gasteiger partial charge >= 0.3 is 0 Å². The minimum atomic E-state index is -0.0260. The van der Waals surface area contributed by atoms with Crippen LogP contribution in [0.2, 0.25) is 0 Å². The Balaban J connectivity index is 1.06. The highest BCUT2D eigenvalue weighted by Gasteiger charge is 2.35. The van der Waals surface area contributed by atoms with Crippen LogP contribution in [-0.2, 0) is 5.41 Å². The second-order valence-electron chi connectivity index (χ2n) is 14.6. The van der Waals surface area contributed by atoms with Crippen LogP contribution in [-0.4, -0.2) is 4.57 Å². The molecule has 1 aliphatic carbocycles. The maximum atomic E-state index is 2.38. The molecule has 0 spiro atoms. The van der Waals surface area contributed by atoms with Gasteiger partial charge in [-0.3, -0.25) is 0 Å². The quantitative estimate of drug-likeness (QED) is 0.170. The predicted octanol–water partition coefficient (Wildman–Crippen LogP) is 13.9. The molecule has 2 heteroatoms. The summed E-state index contributed by atoms with van der Waals surface area (Å²) in [6.07, 6.45) is 2.31. The van der Waals surface area contributed by atoms with Crippen LogP contribution in [0.4, 0.5) is 17.1 Å². The number of para-hydroxylation sites is 2. The van der Waals surface area contributed by atoms with E-state index in [1.807, 2.05) is 0 Å². The lowest BCUT2D eigenvalue weighted by Crippen LogP contribution is -2.15. The molecule has 0 aliphatic heterocycles. The summed E-state index contributed by atoms with van der Waals surface area (Å²) in [4.78, 5) is 2.37. The summed E-state index contributed by atoms with van der Waals surface area (Å²) in [5, 5.41) is 3.79. The minimum absolute atomic E-state index is 0.0260. The van der Waals surface area contributed by atoms with E-state index < -0.39 is 0 Å². The number of rotatable bonds is 6. The monoisotopic (exact) mass is 678 g/mol. The van der Waals surface area contributed by atoms with Gasteiger partial charge in [-0.05, 0) is 110 Å². The average molecular weight is 679 g/mol. The van der Waals surface area contributed by atoms with Crippen LogP contribution in [0.15, 0.2) is 194 Å². The van der Waals surface area contributed by atoms with Crippen molar-refractivity contribution < 1.29 is 0 Å². The zero-order valence-electron chi connectivity index (χ0n) is 29.9. The Morgan fingerprint density at radius 2 is 1.09 bits per heavy atom. The van der Waals surface area contributed by atoms with E-state index in [4.69, 9.17) is 0 Å². The molecule has 1 aliphatic rings. The summed E-state index contributed by atoms with van der Waals surface area (Å²) in [6, 6.07) is 68.5. The molecule has 2 nitrogen and oxygen atoms in total. The van der Waals surface area contributed by atoms with Gasteiger partial charge in [0.1, 0.15) is 0 Å². The molecule has 0 amide bonds. The van der Waals surface area contributed by atoms with E-state index in [-0.39, 0.29) is 5.41 Å². The van der Waals surface area contributed by atoms with Gasteiger partial charge in [0.05, 0.1) is 5.52 Å². The summed E-state index contributed by atoms with van der Waals surface area (Å²) < 4.78 is 2.33. The van der Waals surface area contributed by atoms with Gasteiger partial charge in [0, 0.05) is 45.3 Å². The Kier molecular flexibility index (Phi) is 7.19. The SMILES string of the molecule is CC1(C)c2ccccc2-c2cc(N(c3ccccc3)c3ccc(-c4cccc(-c5cn(-c6ccccc6)c6ccc7ccccc7c56)c4)cc3)ccc21. The number of hydrogen-bond donors (Lipinski definition) is 0. The molecular formula is C51H38N2. The Bertz CT molecular complexity index is 2790. The van der Waals surface area contributed by atoms with Gasteiger partial charge < -0.3 is 9.47 Å². The Labute approximate surface area is 310 Å². The highest BCUT2D eigenvalue weighted by molar-refractivity contribution is 6.14. The molecule has 53 heavy (non-hydrogen) atoms. The van der Waals surface area contributed by atoms with Gasteiger partial charge in [0.15, 0.2) is 0 Å². The lowest BCUT2D eigenvalue weighted by atomic mass is 9.82. The van der Waals surface area contributed by atoms with E-state index in [0.717, 1.165) is 22.7 Å². The highest BCUT2D eigenvalue weighted by Crippen LogP contribution is 2.50. The van der Waals surface area contributed by atoms with E-state index in [2.05, 4.69) is 218 Å². The van der Waals surface area contributed by atoms with Crippen molar-refractivity contribution in [3.8, 4) is 39.1 Å². The molecule has 9 aromatic rings. The molecule has 0 radical (unpaired) electrons. The third kappa shape index (κ3) is 5.10. The van der Waals surface area contributed by atoms with Gasteiger partial charge in [-0.25, -0.2) is 0 Å². The minimum Gasteiger partial charge on any atom is -0.316 e. The summed E-state index contributed by atoms with van der Waals surface area (Å²) in [7, 11) is 0. The number of nitrogens with zero attached hydrogens (tertiary/aromatic N) is 2. The van der Waals surface area contributed by atoms with Gasteiger partial charge in [0.25, 0.3) is 0 Å². The molecule has 10 rings (SSSR count). The van der Waals surface area contributed by atoms with Crippen LogP contribution in [0.1, 0.15) is 25.0 Å². The van der Waals surface area contributed by atoms with Crippen molar-refractivity contribution in [2.45, 2.75) is 19.3 Å². The summed E-state index contributed by atoms with van der Waals surface area (Å²) in [5.41, 5.74) is 16.0. The van der Waals surface area contributed by atoms with E-state index in [9.17, 15) is 0 Å². The first-order chi connectivity index (χ1) is 26.0. The fraction of sp³-hybridized carbons (Fsp3) is 0.0588. The first-order valence-electron chi connectivity index (χ1n) is 18.4. The first-order valence-corrected chi connectivity index (χ1v) is 18.4. The van der Waals surface area contributed by atoms with Gasteiger partial charge in [-0.1, -0.05) is 141 Å². The van der Waals surface area contributed by atoms with Gasteiger partial charge in [0.2, 0.25) is 0 Å². The molecule has 0 bridgehead atoms. The van der Waals surface area contributed by atoms with E-state index >= 15 is 0 Å². The molecule has 0 saturated heterocycles. The number of aromatic nitrogens is 1. The van der Waals surface area contributed by atoms with E-state index in [1.54, 1.807) is 0 Å². The number of fused-ring (bicyclic) bond motifs is 6. The average Bonchev–Trinajstić information content (AvgIpc) is 3.72. The van der Waals surface area contributed by atoms with Crippen molar-refractivity contribution in [1.29, 1.82) is 0 Å². The molecule has 0 atom stereocenters. The van der Waals surface area contributed by atoms with E-state index in [1.165, 1.54) is 66.2 Å². The van der Waals surface area contributed by atoms with Gasteiger partial charge in [-0.15, -0.1) is 0 Å². The molecule has 0 saturated carbocycles. The smallest absolute Gasteiger partial charge is 0.0541 e. The van der Waals surface area contributed by atoms with Crippen molar-refractivity contribution in [3.63, 3.8) is 0 Å². The number of anilines is 3. The van der Waals surface area contributed by atoms with Crippen molar-refractivity contribution in [2.75, 3.05) is 4.90 Å². The van der Waals surface area contributed by atoms with Crippen molar-refractivity contribution in [1.82, 2.24) is 4.57 Å². The lowest BCUT2D eigenvalue weighted by Gasteiger charge is -2.27. The third-order valence-corrected chi connectivity index (χ3v) is 11.2. The predicted molar refractivity (Wildman–Crippen MR) is 224 cm³/mol. The van der Waals surface area contributed by atoms with Crippen molar-refractivity contribution in [2.24, 2.45) is 0 Å². The highest BCUT2D eigenvalue weighted by atomic mass is 15.1. The van der Waals surface area contributed by atoms with Crippen LogP contribution >= 0.6 is 0 Å². The topological polar surface area (TPSA) is 8.17 Å². The maximum absolute atomic E-state index is 2.38. The normalized spacial score (nSPS) is 12.9. The van der Waals surface area contributed by atoms with Crippen LogP contribution in [0.25, 0.3) is 60.7 Å². The maximum Gasteiger partial charge on any atom is 0.0541 e. The third-order valence-electron chi connectivity index (χ3n) is 11.2. The second kappa shape index (κ2) is 12.3. The largest absolute Gasteiger partial charge is 0.316 e. The summed E-state index contributed by atoms with van der Waals surface area (Å²) in [5.74, 6) is 0. The fourth-order valence-corrected chi connectivity index (χ4v) is 8.57. The standard InChI is InChI=1S/C51H38N2/c1-51(2)47-23-12-11-22-44(47)45-33-42(29-30-48(45)51)53(40-19-7-4-8-20-40)41-27-24-35(25-28-41)37-15-13-16-38(32-37)46-34-52(39-17-5-3-6-18-39)49-31-26-36-14-9-10-21-43(36)50(46)49/h3-34H,1-2H3. The second-order valence-corrected chi connectivity index (χ2v) is 14.6. The zero-order chi connectivity index (χ0) is 35.5. The lowest BCUT2D eigenvalue weighted by molar-refractivity contribution is 0.660. The molecule has 1 aromatic heterocycles. The number of benzene rings is 8. The van der Waals surface area contributed by atoms with Crippen molar-refractivity contribution in [3.05, 3.63) is 205 Å². The zero-order valence-corrected chi connectivity index (χ0v) is 29.9. The van der Waals surface area contributed by atoms with Crippen LogP contribution in [0.5, 0.6) is 0 Å². The Hall–Kier alpha value is -6.64. The van der Waals surface area contributed by atoms with E-state index in [0.29, 0.717) is 0 Å². The molecule has 0 N–H and O–H groups in total. The Morgan fingerprint density at radius 3 is 1.92 bits per heavy atom. The fourth-order valence-electron chi connectivity index (χ4n) is 8.57. The summed E-state index contributed by atoms with van der Waals surface area (Å²) in [6.45, 7) is 4.67. The molecule has 0 unspecified atom stereocenters. The molecule has 252 valence electrons. The number of hydrogen-bond acceptors (Lipinski definition) is 1. The van der Waals surface area contributed by atoms with Crippen LogP contribution in [0.3, 0.4) is 0 Å². The molecule has 0 fully saturated rings. The van der Waals surface area contributed by atoms with Gasteiger partial charge in [-0.2, -0.15) is 0 Å². The summed E-state index contributed by atoms with van der Waals surface area (Å²) >= 11 is 0. The van der Waals surface area contributed by atoms with Crippen LogP contribution in [0, 0.1) is 0 Å². The van der Waals surface area contributed by atoms with Crippen molar-refractivity contribution >= 4 is 38.7 Å². The van der Waals surface area contributed by atoms with Crippen LogP contribution < -0.4 is 4.90 Å². The molecule has 8 aromatic carbocycles. The Morgan fingerprint density at radius 1 is 0.434 bits per heavy atom. The molecular weight excluding hydrogens is 641 g/mol.